The van der Waals surface area contributed by atoms with E-state index in [0.29, 0.717) is 34.2 Å². The Labute approximate surface area is 160 Å². The van der Waals surface area contributed by atoms with Crippen LogP contribution in [0.1, 0.15) is 15.9 Å². The summed E-state index contributed by atoms with van der Waals surface area (Å²) in [6.45, 7) is 2.19. The molecule has 1 aliphatic rings. The minimum absolute atomic E-state index is 0.172. The third-order valence-corrected chi connectivity index (χ3v) is 4.66. The maximum Gasteiger partial charge on any atom is 0.255 e. The zero-order chi connectivity index (χ0) is 19.1. The van der Waals surface area contributed by atoms with E-state index in [2.05, 4.69) is 10.3 Å². The molecular weight excluding hydrogens is 356 g/mol. The van der Waals surface area contributed by atoms with E-state index in [1.807, 2.05) is 37.3 Å². The summed E-state index contributed by atoms with van der Waals surface area (Å²) in [5, 5.41) is 2.88. The van der Waals surface area contributed by atoms with Crippen molar-refractivity contribution in [2.45, 2.75) is 6.92 Å². The molecule has 1 N–H and O–H groups in total. The number of benzene rings is 3. The molecule has 0 spiro atoms. The minimum atomic E-state index is -0.240. The van der Waals surface area contributed by atoms with Gasteiger partial charge in [0.1, 0.15) is 5.52 Å². The van der Waals surface area contributed by atoms with Crippen molar-refractivity contribution in [2.24, 2.45) is 0 Å². The predicted octanol–water partition coefficient (Wildman–Crippen LogP) is 4.78. The Hall–Kier alpha value is -3.80. The van der Waals surface area contributed by atoms with Gasteiger partial charge in [-0.05, 0) is 48.9 Å². The van der Waals surface area contributed by atoms with Crippen LogP contribution in [0.15, 0.2) is 65.1 Å². The van der Waals surface area contributed by atoms with Gasteiger partial charge in [0.25, 0.3) is 5.91 Å². The van der Waals surface area contributed by atoms with Crippen LogP contribution in [0.5, 0.6) is 11.5 Å². The van der Waals surface area contributed by atoms with Gasteiger partial charge in [-0.2, -0.15) is 0 Å². The van der Waals surface area contributed by atoms with Gasteiger partial charge in [-0.1, -0.05) is 18.2 Å². The third kappa shape index (κ3) is 2.85. The SMILES string of the molecule is Cc1ccccc1-c1nc2ccc(NC(=O)c3ccc4c(c3)OCO4)cc2o1. The Balaban J connectivity index is 1.42. The standard InChI is InChI=1S/C22H16N2O4/c1-13-4-2-3-5-16(13)22-24-17-8-7-15(11-19(17)28-22)23-21(25)14-6-9-18-20(10-14)27-12-26-18/h2-11H,12H2,1H3,(H,23,25). The van der Waals surface area contributed by atoms with Gasteiger partial charge in [0.15, 0.2) is 17.1 Å². The van der Waals surface area contributed by atoms with Crippen molar-refractivity contribution in [3.63, 3.8) is 0 Å². The van der Waals surface area contributed by atoms with Crippen LogP contribution in [0.2, 0.25) is 0 Å². The van der Waals surface area contributed by atoms with E-state index in [-0.39, 0.29) is 12.7 Å². The molecule has 3 aromatic carbocycles. The molecule has 6 heteroatoms. The number of aromatic nitrogens is 1. The molecule has 0 atom stereocenters. The van der Waals surface area contributed by atoms with Crippen LogP contribution < -0.4 is 14.8 Å². The Kier molecular flexibility index (Phi) is 3.76. The van der Waals surface area contributed by atoms with E-state index in [1.165, 1.54) is 0 Å². The number of carbonyl (C=O) groups excluding carboxylic acids is 1. The van der Waals surface area contributed by atoms with Crippen molar-refractivity contribution in [1.29, 1.82) is 0 Å². The predicted molar refractivity (Wildman–Crippen MR) is 105 cm³/mol. The molecule has 138 valence electrons. The lowest BCUT2D eigenvalue weighted by Crippen LogP contribution is -2.11. The summed E-state index contributed by atoms with van der Waals surface area (Å²) < 4.78 is 16.5. The molecule has 2 heterocycles. The maximum absolute atomic E-state index is 12.6. The molecule has 1 amide bonds. The first-order valence-corrected chi connectivity index (χ1v) is 8.85. The Morgan fingerprint density at radius 1 is 1.00 bits per heavy atom. The number of rotatable bonds is 3. The summed E-state index contributed by atoms with van der Waals surface area (Å²) in [5.41, 5.74) is 4.50. The highest BCUT2D eigenvalue weighted by molar-refractivity contribution is 6.05. The number of aryl methyl sites for hydroxylation is 1. The van der Waals surface area contributed by atoms with E-state index < -0.39 is 0 Å². The summed E-state index contributed by atoms with van der Waals surface area (Å²) in [4.78, 5) is 17.1. The fourth-order valence-corrected chi connectivity index (χ4v) is 3.17. The third-order valence-electron chi connectivity index (χ3n) is 4.66. The first-order chi connectivity index (χ1) is 13.7. The van der Waals surface area contributed by atoms with E-state index in [4.69, 9.17) is 13.9 Å². The second-order valence-corrected chi connectivity index (χ2v) is 6.54. The van der Waals surface area contributed by atoms with E-state index in [0.717, 1.165) is 16.6 Å². The largest absolute Gasteiger partial charge is 0.454 e. The second kappa shape index (κ2) is 6.42. The van der Waals surface area contributed by atoms with Crippen LogP contribution in [-0.4, -0.2) is 17.7 Å². The molecule has 28 heavy (non-hydrogen) atoms. The Bertz CT molecular complexity index is 1210. The number of fused-ring (bicyclic) bond motifs is 2. The zero-order valence-corrected chi connectivity index (χ0v) is 15.1. The van der Waals surface area contributed by atoms with Crippen LogP contribution >= 0.6 is 0 Å². The highest BCUT2D eigenvalue weighted by atomic mass is 16.7. The molecule has 0 aliphatic carbocycles. The zero-order valence-electron chi connectivity index (χ0n) is 15.1. The molecule has 0 unspecified atom stereocenters. The number of nitrogens with one attached hydrogen (secondary N) is 1. The summed E-state index contributed by atoms with van der Waals surface area (Å²) in [6, 6.07) is 18.4. The van der Waals surface area contributed by atoms with Gasteiger partial charge < -0.3 is 19.2 Å². The number of hydrogen-bond donors (Lipinski definition) is 1. The quantitative estimate of drug-likeness (QED) is 0.560. The van der Waals surface area contributed by atoms with E-state index in [9.17, 15) is 4.79 Å². The number of amides is 1. The van der Waals surface area contributed by atoms with Gasteiger partial charge in [0, 0.05) is 22.9 Å². The van der Waals surface area contributed by atoms with Crippen molar-refractivity contribution in [3.8, 4) is 23.0 Å². The molecule has 0 fully saturated rings. The van der Waals surface area contributed by atoms with Crippen LogP contribution in [0.25, 0.3) is 22.6 Å². The van der Waals surface area contributed by atoms with Crippen LogP contribution in [0.3, 0.4) is 0 Å². The topological polar surface area (TPSA) is 73.6 Å². The molecule has 0 radical (unpaired) electrons. The van der Waals surface area contributed by atoms with Gasteiger partial charge in [0.05, 0.1) is 0 Å². The van der Waals surface area contributed by atoms with E-state index in [1.54, 1.807) is 30.3 Å². The highest BCUT2D eigenvalue weighted by Crippen LogP contribution is 2.33. The van der Waals surface area contributed by atoms with Crippen LogP contribution in [-0.2, 0) is 0 Å². The van der Waals surface area contributed by atoms with Gasteiger partial charge in [0.2, 0.25) is 12.7 Å². The Morgan fingerprint density at radius 3 is 2.75 bits per heavy atom. The Morgan fingerprint density at radius 2 is 1.86 bits per heavy atom. The first kappa shape index (κ1) is 16.4. The molecule has 5 rings (SSSR count). The molecule has 6 nitrogen and oxygen atoms in total. The van der Waals surface area contributed by atoms with Gasteiger partial charge in [-0.15, -0.1) is 0 Å². The van der Waals surface area contributed by atoms with Crippen molar-refractivity contribution in [2.75, 3.05) is 12.1 Å². The molecule has 0 bridgehead atoms. The van der Waals surface area contributed by atoms with Crippen molar-refractivity contribution in [1.82, 2.24) is 4.98 Å². The number of anilines is 1. The van der Waals surface area contributed by atoms with E-state index >= 15 is 0 Å². The lowest BCUT2D eigenvalue weighted by atomic mass is 10.1. The molecule has 0 saturated heterocycles. The fourth-order valence-electron chi connectivity index (χ4n) is 3.17. The molecule has 1 aromatic heterocycles. The van der Waals surface area contributed by atoms with Crippen molar-refractivity contribution in [3.05, 3.63) is 71.8 Å². The number of carbonyl (C=O) groups is 1. The maximum atomic E-state index is 12.6. The summed E-state index contributed by atoms with van der Waals surface area (Å²) >= 11 is 0. The number of nitrogens with zero attached hydrogens (tertiary/aromatic N) is 1. The lowest BCUT2D eigenvalue weighted by Gasteiger charge is -2.05. The number of ether oxygens (including phenoxy) is 2. The number of hydrogen-bond acceptors (Lipinski definition) is 5. The molecular formula is C22H16N2O4. The van der Waals surface area contributed by atoms with Crippen molar-refractivity contribution >= 4 is 22.7 Å². The van der Waals surface area contributed by atoms with Gasteiger partial charge in [-0.3, -0.25) is 4.79 Å². The molecule has 0 saturated carbocycles. The van der Waals surface area contributed by atoms with Crippen LogP contribution in [0.4, 0.5) is 5.69 Å². The van der Waals surface area contributed by atoms with Crippen LogP contribution in [0, 0.1) is 6.92 Å². The molecule has 4 aromatic rings. The average Bonchev–Trinajstić information content (AvgIpc) is 3.34. The second-order valence-electron chi connectivity index (χ2n) is 6.54. The van der Waals surface area contributed by atoms with Gasteiger partial charge in [-0.25, -0.2) is 4.98 Å². The summed E-state index contributed by atoms with van der Waals surface area (Å²) in [6.07, 6.45) is 0. The first-order valence-electron chi connectivity index (χ1n) is 8.85. The summed E-state index contributed by atoms with van der Waals surface area (Å²) in [5.74, 6) is 1.54. The van der Waals surface area contributed by atoms with Gasteiger partial charge >= 0.3 is 0 Å². The average molecular weight is 372 g/mol. The lowest BCUT2D eigenvalue weighted by molar-refractivity contribution is 0.102. The monoisotopic (exact) mass is 372 g/mol. The van der Waals surface area contributed by atoms with Crippen molar-refractivity contribution < 1.29 is 18.7 Å². The normalized spacial score (nSPS) is 12.3. The smallest absolute Gasteiger partial charge is 0.255 e. The molecule has 1 aliphatic heterocycles. The minimum Gasteiger partial charge on any atom is -0.454 e. The number of oxazole rings is 1. The highest BCUT2D eigenvalue weighted by Gasteiger charge is 2.17. The summed E-state index contributed by atoms with van der Waals surface area (Å²) in [7, 11) is 0. The fraction of sp³-hybridized carbons (Fsp3) is 0.0909.